The summed E-state index contributed by atoms with van der Waals surface area (Å²) in [5, 5.41) is 29.5. The van der Waals surface area contributed by atoms with E-state index in [0.717, 1.165) is 16.7 Å². The third kappa shape index (κ3) is 5.27. The first-order chi connectivity index (χ1) is 20.6. The number of benzene rings is 2. The number of methoxy groups -OCH3 is 1. The molecule has 13 heteroatoms. The molecule has 13 nitrogen and oxygen atoms in total. The molecule has 226 valence electrons. The largest absolute Gasteiger partial charge is 0.497 e. The zero-order valence-electron chi connectivity index (χ0n) is 24.6. The molecule has 3 aliphatic rings. The third-order valence-corrected chi connectivity index (χ3v) is 7.78. The second-order valence-corrected chi connectivity index (χ2v) is 11.8. The average Bonchev–Trinajstić information content (AvgIpc) is 3.70. The summed E-state index contributed by atoms with van der Waals surface area (Å²) in [7, 11) is 1.61. The molecule has 0 radical (unpaired) electrons. The van der Waals surface area contributed by atoms with Gasteiger partial charge in [-0.2, -0.15) is 5.11 Å². The number of ether oxygens (including phenoxy) is 6. The Morgan fingerprint density at radius 3 is 2.42 bits per heavy atom. The highest BCUT2D eigenvalue weighted by Crippen LogP contribution is 2.44. The van der Waals surface area contributed by atoms with Gasteiger partial charge in [-0.15, -0.1) is 10.2 Å². The summed E-state index contributed by atoms with van der Waals surface area (Å²) in [6, 6.07) is 14.8. The molecule has 2 aromatic heterocycles. The van der Waals surface area contributed by atoms with E-state index in [2.05, 4.69) is 20.5 Å². The molecule has 3 fully saturated rings. The van der Waals surface area contributed by atoms with E-state index in [-0.39, 0.29) is 24.6 Å². The van der Waals surface area contributed by atoms with Gasteiger partial charge in [-0.25, -0.2) is 4.68 Å². The Morgan fingerprint density at radius 2 is 1.63 bits per heavy atom. The van der Waals surface area contributed by atoms with Gasteiger partial charge in [-0.1, -0.05) is 23.4 Å². The van der Waals surface area contributed by atoms with Crippen LogP contribution in [0.25, 0.3) is 10.9 Å². The van der Waals surface area contributed by atoms with Gasteiger partial charge in [0.25, 0.3) is 0 Å². The summed E-state index contributed by atoms with van der Waals surface area (Å²) in [4.78, 5) is 0. The average molecular weight is 591 g/mol. The molecule has 5 atom stereocenters. The van der Waals surface area contributed by atoms with Crippen LogP contribution in [-0.4, -0.2) is 74.1 Å². The minimum atomic E-state index is -0.792. The molecular weight excluding hydrogens is 556 g/mol. The Hall–Kier alpha value is -3.88. The minimum Gasteiger partial charge on any atom is -0.497 e. The van der Waals surface area contributed by atoms with E-state index in [1.807, 2.05) is 58.2 Å². The molecule has 43 heavy (non-hydrogen) atoms. The Kier molecular flexibility index (Phi) is 6.74. The van der Waals surface area contributed by atoms with Gasteiger partial charge in [0.05, 0.1) is 37.6 Å². The normalized spacial score (nSPS) is 27.5. The van der Waals surface area contributed by atoms with Gasteiger partial charge in [0.15, 0.2) is 23.6 Å². The zero-order chi connectivity index (χ0) is 29.9. The predicted octanol–water partition coefficient (Wildman–Crippen LogP) is 4.81. The van der Waals surface area contributed by atoms with Crippen molar-refractivity contribution in [1.29, 1.82) is 0 Å². The smallest absolute Gasteiger partial charge is 0.221 e. The van der Waals surface area contributed by atoms with Crippen LogP contribution in [0, 0.1) is 0 Å². The van der Waals surface area contributed by atoms with Crippen molar-refractivity contribution in [3.05, 3.63) is 60.4 Å². The minimum absolute atomic E-state index is 0.0164. The van der Waals surface area contributed by atoms with Crippen LogP contribution in [0.15, 0.2) is 65.0 Å². The van der Waals surface area contributed by atoms with E-state index >= 15 is 0 Å². The van der Waals surface area contributed by atoms with Crippen LogP contribution in [-0.2, 0) is 36.8 Å². The SMILES string of the molecule is COc1ccc(N=Nc2c(O)n(Cc3cn(C[C@H]4O[C@@H]5OC(C)(C)O[C@@H]5[C@H]5OC(C)(C)O[C@H]54)nn3)c3ccccc23)cc1. The zero-order valence-corrected chi connectivity index (χ0v) is 24.6. The van der Waals surface area contributed by atoms with Gasteiger partial charge in [0.1, 0.15) is 35.9 Å². The fraction of sp³-hybridized carbons (Fsp3) is 0.467. The number of hydrogen-bond donors (Lipinski definition) is 1. The molecule has 0 saturated carbocycles. The van der Waals surface area contributed by atoms with Gasteiger partial charge in [-0.05, 0) is 58.0 Å². The molecular formula is C30H34N6O7. The van der Waals surface area contributed by atoms with Crippen LogP contribution in [0.3, 0.4) is 0 Å². The highest BCUT2D eigenvalue weighted by molar-refractivity contribution is 5.95. The molecule has 0 bridgehead atoms. The fourth-order valence-corrected chi connectivity index (χ4v) is 5.97. The van der Waals surface area contributed by atoms with Crippen molar-refractivity contribution < 1.29 is 33.5 Å². The first kappa shape index (κ1) is 27.9. The molecule has 0 aliphatic carbocycles. The molecule has 1 N–H and O–H groups in total. The molecule has 3 aliphatic heterocycles. The highest BCUT2D eigenvalue weighted by atomic mass is 16.9. The van der Waals surface area contributed by atoms with Crippen molar-refractivity contribution in [1.82, 2.24) is 19.6 Å². The quantitative estimate of drug-likeness (QED) is 0.301. The van der Waals surface area contributed by atoms with E-state index in [4.69, 9.17) is 28.4 Å². The van der Waals surface area contributed by atoms with Crippen molar-refractivity contribution in [2.24, 2.45) is 10.2 Å². The lowest BCUT2D eigenvalue weighted by Crippen LogP contribution is -2.56. The van der Waals surface area contributed by atoms with E-state index < -0.39 is 30.1 Å². The lowest BCUT2D eigenvalue weighted by molar-refractivity contribution is -0.236. The molecule has 0 spiro atoms. The summed E-state index contributed by atoms with van der Waals surface area (Å²) in [6.45, 7) is 8.10. The molecule has 5 heterocycles. The highest BCUT2D eigenvalue weighted by Gasteiger charge is 2.60. The van der Waals surface area contributed by atoms with Gasteiger partial charge in [-0.3, -0.25) is 0 Å². The van der Waals surface area contributed by atoms with Crippen molar-refractivity contribution in [3.8, 4) is 11.6 Å². The summed E-state index contributed by atoms with van der Waals surface area (Å²) in [6.07, 6.45) is -0.296. The maximum absolute atomic E-state index is 11.2. The van der Waals surface area contributed by atoms with Crippen molar-refractivity contribution >= 4 is 22.3 Å². The topological polar surface area (TPSA) is 136 Å². The van der Waals surface area contributed by atoms with Crippen LogP contribution in [0.4, 0.5) is 11.4 Å². The van der Waals surface area contributed by atoms with E-state index in [1.54, 1.807) is 40.6 Å². The van der Waals surface area contributed by atoms with E-state index in [1.165, 1.54) is 0 Å². The molecule has 7 rings (SSSR count). The van der Waals surface area contributed by atoms with Crippen LogP contribution < -0.4 is 4.74 Å². The number of azo groups is 1. The van der Waals surface area contributed by atoms with Crippen molar-refractivity contribution in [3.63, 3.8) is 0 Å². The summed E-state index contributed by atoms with van der Waals surface area (Å²) < 4.78 is 39.6. The second-order valence-electron chi connectivity index (χ2n) is 11.8. The van der Waals surface area contributed by atoms with Crippen LogP contribution >= 0.6 is 0 Å². The fourth-order valence-electron chi connectivity index (χ4n) is 5.97. The van der Waals surface area contributed by atoms with Crippen LogP contribution in [0.5, 0.6) is 11.6 Å². The molecule has 0 unspecified atom stereocenters. The number of para-hydroxylation sites is 1. The Balaban J connectivity index is 1.11. The van der Waals surface area contributed by atoms with Crippen molar-refractivity contribution in [2.75, 3.05) is 7.11 Å². The lowest BCUT2D eigenvalue weighted by atomic mass is 9.99. The number of hydrogen-bond acceptors (Lipinski definition) is 11. The Morgan fingerprint density at radius 1 is 0.907 bits per heavy atom. The Bertz CT molecular complexity index is 1660. The van der Waals surface area contributed by atoms with Crippen LogP contribution in [0.2, 0.25) is 0 Å². The second kappa shape index (κ2) is 10.4. The van der Waals surface area contributed by atoms with Crippen LogP contribution in [0.1, 0.15) is 33.4 Å². The third-order valence-electron chi connectivity index (χ3n) is 7.78. The van der Waals surface area contributed by atoms with Gasteiger partial charge >= 0.3 is 0 Å². The number of aromatic hydroxyl groups is 1. The molecule has 3 saturated heterocycles. The predicted molar refractivity (Wildman–Crippen MR) is 152 cm³/mol. The molecule has 0 amide bonds. The number of aromatic nitrogens is 4. The molecule has 4 aromatic rings. The van der Waals surface area contributed by atoms with Gasteiger partial charge < -0.3 is 38.1 Å². The number of fused-ring (bicyclic) bond motifs is 4. The van der Waals surface area contributed by atoms with Gasteiger partial charge in [0.2, 0.25) is 5.88 Å². The molecule has 2 aromatic carbocycles. The van der Waals surface area contributed by atoms with Gasteiger partial charge in [0, 0.05) is 5.39 Å². The lowest BCUT2D eigenvalue weighted by Gasteiger charge is -2.37. The van der Waals surface area contributed by atoms with Crippen molar-refractivity contribution in [2.45, 2.75) is 83.1 Å². The standard InChI is InChI=1S/C30H34N6O7/c1-29(2)40-24-22(39-28-26(25(24)41-29)42-30(3,4)43-28)16-35-14-18(32-34-35)15-36-21-9-7-6-8-20(21)23(27(36)37)33-31-17-10-12-19(38-5)13-11-17/h6-14,22,24-26,28,37H,15-16H2,1-5H3/t22-,24+,25+,26-,28-/m1/s1. The summed E-state index contributed by atoms with van der Waals surface area (Å²) in [5.41, 5.74) is 2.45. The summed E-state index contributed by atoms with van der Waals surface area (Å²) >= 11 is 0. The summed E-state index contributed by atoms with van der Waals surface area (Å²) in [5.74, 6) is -0.870. The van der Waals surface area contributed by atoms with E-state index in [9.17, 15) is 5.11 Å². The first-order valence-corrected chi connectivity index (χ1v) is 14.2. The Labute approximate surface area is 247 Å². The van der Waals surface area contributed by atoms with E-state index in [0.29, 0.717) is 23.6 Å². The number of nitrogens with zero attached hydrogens (tertiary/aromatic N) is 6. The maximum Gasteiger partial charge on any atom is 0.221 e. The monoisotopic (exact) mass is 590 g/mol. The first-order valence-electron chi connectivity index (χ1n) is 14.2. The number of rotatable bonds is 7. The maximum atomic E-state index is 11.2.